The molecule has 3 aliphatic rings. The number of rotatable bonds is 7. The molecule has 3 heterocycles. The SMILES string of the molecule is O=C(O)CN1CCOC(CCNc2cccc3c2C(=O)N(C2CCC(=O)NC2=O)C3=O)C1. The van der Waals surface area contributed by atoms with E-state index in [1.165, 1.54) is 0 Å². The van der Waals surface area contributed by atoms with Crippen LogP contribution in [-0.2, 0) is 19.1 Å². The number of imide groups is 2. The lowest BCUT2D eigenvalue weighted by Gasteiger charge is -2.32. The molecule has 11 nitrogen and oxygen atoms in total. The summed E-state index contributed by atoms with van der Waals surface area (Å²) in [4.78, 5) is 63.2. The highest BCUT2D eigenvalue weighted by molar-refractivity contribution is 6.25. The molecule has 0 saturated carbocycles. The van der Waals surface area contributed by atoms with Gasteiger partial charge in [0.05, 0.1) is 30.4 Å². The summed E-state index contributed by atoms with van der Waals surface area (Å²) in [5.41, 5.74) is 0.902. The monoisotopic (exact) mass is 444 g/mol. The summed E-state index contributed by atoms with van der Waals surface area (Å²) < 4.78 is 5.70. The van der Waals surface area contributed by atoms with Gasteiger partial charge in [0, 0.05) is 31.7 Å². The Morgan fingerprint density at radius 3 is 2.78 bits per heavy atom. The number of aliphatic carboxylic acids is 1. The number of hydrogen-bond donors (Lipinski definition) is 3. The Bertz CT molecular complexity index is 979. The number of benzene rings is 1. The van der Waals surface area contributed by atoms with Gasteiger partial charge in [-0.1, -0.05) is 6.07 Å². The van der Waals surface area contributed by atoms with E-state index in [-0.39, 0.29) is 36.6 Å². The summed E-state index contributed by atoms with van der Waals surface area (Å²) in [5.74, 6) is -3.07. The first-order chi connectivity index (χ1) is 15.3. The van der Waals surface area contributed by atoms with Gasteiger partial charge in [-0.05, 0) is 25.0 Å². The average Bonchev–Trinajstić information content (AvgIpc) is 2.99. The maximum absolute atomic E-state index is 13.1. The molecule has 2 saturated heterocycles. The molecule has 0 aliphatic carbocycles. The summed E-state index contributed by atoms with van der Waals surface area (Å²) in [6, 6.07) is 3.88. The molecule has 0 bridgehead atoms. The number of carbonyl (C=O) groups is 5. The summed E-state index contributed by atoms with van der Waals surface area (Å²) >= 11 is 0. The third kappa shape index (κ3) is 4.34. The van der Waals surface area contributed by atoms with Crippen molar-refractivity contribution < 1.29 is 33.8 Å². The van der Waals surface area contributed by atoms with E-state index in [4.69, 9.17) is 9.84 Å². The Morgan fingerprint density at radius 1 is 1.22 bits per heavy atom. The number of fused-ring (bicyclic) bond motifs is 1. The molecule has 4 rings (SSSR count). The van der Waals surface area contributed by atoms with E-state index in [0.29, 0.717) is 38.3 Å². The van der Waals surface area contributed by atoms with Crippen molar-refractivity contribution in [3.05, 3.63) is 29.3 Å². The molecule has 3 N–H and O–H groups in total. The third-order valence-corrected chi connectivity index (χ3v) is 5.83. The van der Waals surface area contributed by atoms with Crippen LogP contribution in [0.25, 0.3) is 0 Å². The Morgan fingerprint density at radius 2 is 2.03 bits per heavy atom. The first-order valence-electron chi connectivity index (χ1n) is 10.5. The molecule has 11 heteroatoms. The highest BCUT2D eigenvalue weighted by Crippen LogP contribution is 2.32. The van der Waals surface area contributed by atoms with Gasteiger partial charge in [0.15, 0.2) is 0 Å². The Balaban J connectivity index is 1.41. The zero-order valence-electron chi connectivity index (χ0n) is 17.3. The molecule has 1 aromatic carbocycles. The zero-order chi connectivity index (χ0) is 22.8. The second-order valence-corrected chi connectivity index (χ2v) is 8.01. The molecule has 2 atom stereocenters. The largest absolute Gasteiger partial charge is 0.480 e. The minimum atomic E-state index is -1.01. The van der Waals surface area contributed by atoms with E-state index >= 15 is 0 Å². The quantitative estimate of drug-likeness (QED) is 0.482. The van der Waals surface area contributed by atoms with Crippen LogP contribution in [0.3, 0.4) is 0 Å². The van der Waals surface area contributed by atoms with E-state index in [1.54, 1.807) is 18.2 Å². The van der Waals surface area contributed by atoms with Crippen molar-refractivity contribution in [1.29, 1.82) is 0 Å². The van der Waals surface area contributed by atoms with Crippen LogP contribution in [0.1, 0.15) is 40.0 Å². The number of hydrogen-bond acceptors (Lipinski definition) is 8. The molecule has 4 amide bonds. The van der Waals surface area contributed by atoms with Crippen LogP contribution < -0.4 is 10.6 Å². The van der Waals surface area contributed by atoms with Gasteiger partial charge < -0.3 is 15.2 Å². The average molecular weight is 444 g/mol. The van der Waals surface area contributed by atoms with Gasteiger partial charge in [-0.3, -0.25) is 39.1 Å². The van der Waals surface area contributed by atoms with Gasteiger partial charge in [-0.2, -0.15) is 0 Å². The smallest absolute Gasteiger partial charge is 0.317 e. The molecule has 2 unspecified atom stereocenters. The summed E-state index contributed by atoms with van der Waals surface area (Å²) in [5, 5.41) is 14.3. The van der Waals surface area contributed by atoms with E-state index in [1.807, 2.05) is 4.90 Å². The summed E-state index contributed by atoms with van der Waals surface area (Å²) in [6.07, 6.45) is 0.600. The van der Waals surface area contributed by atoms with Crippen molar-refractivity contribution in [1.82, 2.24) is 15.1 Å². The molecule has 3 aliphatic heterocycles. The number of carbonyl (C=O) groups excluding carboxylic acids is 4. The van der Waals surface area contributed by atoms with E-state index in [2.05, 4.69) is 10.6 Å². The number of amides is 4. The number of nitrogens with one attached hydrogen (secondary N) is 2. The highest BCUT2D eigenvalue weighted by Gasteiger charge is 2.45. The topological polar surface area (TPSA) is 145 Å². The van der Waals surface area contributed by atoms with Gasteiger partial charge in [0.2, 0.25) is 11.8 Å². The Kier molecular flexibility index (Phi) is 6.19. The molecule has 32 heavy (non-hydrogen) atoms. The molecular formula is C21H24N4O7. The van der Waals surface area contributed by atoms with Crippen LogP contribution >= 0.6 is 0 Å². The minimum Gasteiger partial charge on any atom is -0.480 e. The maximum Gasteiger partial charge on any atom is 0.317 e. The van der Waals surface area contributed by atoms with Gasteiger partial charge in [-0.15, -0.1) is 0 Å². The van der Waals surface area contributed by atoms with Crippen molar-refractivity contribution in [2.75, 3.05) is 38.1 Å². The Hall–Kier alpha value is -3.31. The normalized spacial score (nSPS) is 23.8. The van der Waals surface area contributed by atoms with Crippen LogP contribution in [-0.4, -0.2) is 89.4 Å². The van der Waals surface area contributed by atoms with Crippen molar-refractivity contribution in [3.8, 4) is 0 Å². The van der Waals surface area contributed by atoms with E-state index in [9.17, 15) is 24.0 Å². The molecule has 170 valence electrons. The molecule has 2 fully saturated rings. The van der Waals surface area contributed by atoms with Crippen LogP contribution in [0.15, 0.2) is 18.2 Å². The number of morpholine rings is 1. The Labute approximate surface area is 183 Å². The molecule has 0 radical (unpaired) electrons. The molecule has 1 aromatic rings. The summed E-state index contributed by atoms with van der Waals surface area (Å²) in [6.45, 7) is 1.93. The molecule has 0 spiro atoms. The molecular weight excluding hydrogens is 420 g/mol. The standard InChI is InChI=1S/C21H24N4O7/c26-16-5-4-15(19(29)23-16)25-20(30)13-2-1-3-14(18(13)21(25)31)22-7-6-12-10-24(8-9-32-12)11-17(27)28/h1-3,12,15,22H,4-11H2,(H,27,28)(H,23,26,29). The third-order valence-electron chi connectivity index (χ3n) is 5.83. The van der Waals surface area contributed by atoms with Gasteiger partial charge in [0.25, 0.3) is 11.8 Å². The predicted octanol–water partition coefficient (Wildman–Crippen LogP) is -0.325. The molecule has 0 aromatic heterocycles. The van der Waals surface area contributed by atoms with Crippen LogP contribution in [0.5, 0.6) is 0 Å². The number of nitrogens with zero attached hydrogens (tertiary/aromatic N) is 2. The fourth-order valence-corrected chi connectivity index (χ4v) is 4.32. The van der Waals surface area contributed by atoms with Crippen molar-refractivity contribution in [2.45, 2.75) is 31.4 Å². The van der Waals surface area contributed by atoms with Crippen LogP contribution in [0.4, 0.5) is 5.69 Å². The zero-order valence-corrected chi connectivity index (χ0v) is 17.3. The maximum atomic E-state index is 13.1. The lowest BCUT2D eigenvalue weighted by atomic mass is 10.0. The minimum absolute atomic E-state index is 0.0354. The number of carboxylic acid groups (broad SMARTS) is 1. The first-order valence-corrected chi connectivity index (χ1v) is 10.5. The second-order valence-electron chi connectivity index (χ2n) is 8.01. The fourth-order valence-electron chi connectivity index (χ4n) is 4.32. The number of ether oxygens (including phenoxy) is 1. The van der Waals surface area contributed by atoms with E-state index in [0.717, 1.165) is 4.90 Å². The summed E-state index contributed by atoms with van der Waals surface area (Å²) in [7, 11) is 0. The number of carboxylic acids is 1. The second kappa shape index (κ2) is 9.05. The van der Waals surface area contributed by atoms with E-state index < -0.39 is 35.6 Å². The lowest BCUT2D eigenvalue weighted by Crippen LogP contribution is -2.54. The van der Waals surface area contributed by atoms with Gasteiger partial charge in [0.1, 0.15) is 6.04 Å². The predicted molar refractivity (Wildman–Crippen MR) is 110 cm³/mol. The van der Waals surface area contributed by atoms with Crippen molar-refractivity contribution in [3.63, 3.8) is 0 Å². The van der Waals surface area contributed by atoms with Crippen LogP contribution in [0.2, 0.25) is 0 Å². The van der Waals surface area contributed by atoms with Crippen LogP contribution in [0, 0.1) is 0 Å². The lowest BCUT2D eigenvalue weighted by molar-refractivity contribution is -0.140. The van der Waals surface area contributed by atoms with Gasteiger partial charge in [-0.25, -0.2) is 0 Å². The first kappa shape index (κ1) is 21.9. The number of anilines is 1. The van der Waals surface area contributed by atoms with Crippen molar-refractivity contribution in [2.24, 2.45) is 0 Å². The highest BCUT2D eigenvalue weighted by atomic mass is 16.5. The van der Waals surface area contributed by atoms with Gasteiger partial charge >= 0.3 is 5.97 Å². The number of piperidine rings is 1. The fraction of sp³-hybridized carbons (Fsp3) is 0.476. The van der Waals surface area contributed by atoms with Crippen molar-refractivity contribution >= 4 is 35.3 Å².